The molecule has 1 aliphatic heterocycles. The molecule has 0 saturated carbocycles. The minimum Gasteiger partial charge on any atom is -0.455 e. The maximum absolute atomic E-state index is 12.4. The normalized spacial score (nSPS) is 15.3. The average molecular weight is 334 g/mol. The van der Waals surface area contributed by atoms with E-state index < -0.39 is 0 Å². The van der Waals surface area contributed by atoms with E-state index in [0.717, 1.165) is 5.16 Å². The number of carbonyl (C=O) groups excluding carboxylic acids is 2. The highest BCUT2D eigenvalue weighted by Gasteiger charge is 2.27. The lowest BCUT2D eigenvalue weighted by Crippen LogP contribution is -2.50. The van der Waals surface area contributed by atoms with E-state index >= 15 is 0 Å². The second-order valence-electron chi connectivity index (χ2n) is 5.42. The fourth-order valence-electron chi connectivity index (χ4n) is 2.28. The lowest BCUT2D eigenvalue weighted by atomic mass is 10.3. The molecule has 2 aromatic heterocycles. The van der Waals surface area contributed by atoms with Crippen LogP contribution in [0.3, 0.4) is 0 Å². The summed E-state index contributed by atoms with van der Waals surface area (Å²) in [5, 5.41) is 0.888. The van der Waals surface area contributed by atoms with Gasteiger partial charge in [-0.15, -0.1) is 0 Å². The smallest absolute Gasteiger partial charge is 0.290 e. The molecule has 2 amide bonds. The average Bonchev–Trinajstić information content (AvgIpc) is 3.16. The van der Waals surface area contributed by atoms with Gasteiger partial charge in [-0.2, -0.15) is 0 Å². The quantitative estimate of drug-likeness (QED) is 0.786. The van der Waals surface area contributed by atoms with E-state index in [1.165, 1.54) is 4.90 Å². The first kappa shape index (κ1) is 15.7. The van der Waals surface area contributed by atoms with Gasteiger partial charge in [0.25, 0.3) is 5.91 Å². The van der Waals surface area contributed by atoms with Crippen molar-refractivity contribution in [3.05, 3.63) is 36.0 Å². The Morgan fingerprint density at radius 3 is 2.87 bits per heavy atom. The van der Waals surface area contributed by atoms with Crippen molar-refractivity contribution in [1.82, 2.24) is 19.4 Å². The first-order chi connectivity index (χ1) is 11.0. The highest BCUT2D eigenvalue weighted by molar-refractivity contribution is 7.98. The number of piperazine rings is 1. The molecule has 0 atom stereocenters. The number of amides is 2. The van der Waals surface area contributed by atoms with Gasteiger partial charge in [-0.05, 0) is 12.1 Å². The second kappa shape index (κ2) is 6.49. The third kappa shape index (κ3) is 3.42. The summed E-state index contributed by atoms with van der Waals surface area (Å²) in [5.74, 6) is 1.29. The Bertz CT molecular complexity index is 724. The summed E-state index contributed by atoms with van der Waals surface area (Å²) < 4.78 is 7.55. The topological polar surface area (TPSA) is 71.6 Å². The van der Waals surface area contributed by atoms with Gasteiger partial charge in [0.15, 0.2) is 10.9 Å². The van der Waals surface area contributed by atoms with Crippen molar-refractivity contribution in [1.29, 1.82) is 0 Å². The first-order valence-electron chi connectivity index (χ1n) is 7.26. The van der Waals surface area contributed by atoms with Crippen LogP contribution in [0.2, 0.25) is 0 Å². The molecule has 3 rings (SSSR count). The number of likely N-dealkylation sites (N-methyl/N-ethyl adjacent to an activating group) is 1. The molecule has 0 aromatic carbocycles. The number of aromatic nitrogens is 2. The zero-order valence-electron chi connectivity index (χ0n) is 13.1. The largest absolute Gasteiger partial charge is 0.455 e. The predicted octanol–water partition coefficient (Wildman–Crippen LogP) is 1.22. The van der Waals surface area contributed by atoms with Gasteiger partial charge < -0.3 is 18.8 Å². The van der Waals surface area contributed by atoms with E-state index in [9.17, 15) is 9.59 Å². The monoisotopic (exact) mass is 334 g/mol. The molecule has 1 fully saturated rings. The maximum atomic E-state index is 12.4. The van der Waals surface area contributed by atoms with E-state index in [1.807, 2.05) is 17.8 Å². The van der Waals surface area contributed by atoms with Crippen LogP contribution in [0.1, 0.15) is 16.3 Å². The van der Waals surface area contributed by atoms with Gasteiger partial charge in [0.2, 0.25) is 5.91 Å². The van der Waals surface area contributed by atoms with Gasteiger partial charge in [-0.3, -0.25) is 9.59 Å². The molecule has 3 heterocycles. The first-order valence-corrected chi connectivity index (χ1v) is 8.25. The molecule has 0 bridgehead atoms. The summed E-state index contributed by atoms with van der Waals surface area (Å²) in [4.78, 5) is 31.5. The van der Waals surface area contributed by atoms with Crippen LogP contribution in [0.4, 0.5) is 0 Å². The molecular formula is C15H18N4O3S. The molecule has 0 spiro atoms. The van der Waals surface area contributed by atoms with E-state index in [4.69, 9.17) is 4.42 Å². The molecule has 1 aliphatic rings. The molecule has 0 aliphatic carbocycles. The number of hydrogen-bond donors (Lipinski definition) is 0. The summed E-state index contributed by atoms with van der Waals surface area (Å²) in [6.07, 6.45) is 3.62. The van der Waals surface area contributed by atoms with Gasteiger partial charge in [-0.25, -0.2) is 4.98 Å². The maximum Gasteiger partial charge on any atom is 0.290 e. The van der Waals surface area contributed by atoms with Crippen molar-refractivity contribution in [2.75, 3.05) is 26.7 Å². The summed E-state index contributed by atoms with van der Waals surface area (Å²) >= 11 is 1.54. The van der Waals surface area contributed by atoms with E-state index in [0.29, 0.717) is 24.6 Å². The zero-order chi connectivity index (χ0) is 16.4. The van der Waals surface area contributed by atoms with Crippen LogP contribution >= 0.6 is 11.8 Å². The summed E-state index contributed by atoms with van der Waals surface area (Å²) in [6.45, 7) is 1.18. The fraction of sp³-hybridized carbons (Fsp3) is 0.400. The number of imidazole rings is 1. The summed E-state index contributed by atoms with van der Waals surface area (Å²) in [7, 11) is 3.67. The molecule has 1 saturated heterocycles. The number of thioether (sulfide) groups is 1. The predicted molar refractivity (Wildman–Crippen MR) is 85.0 cm³/mol. The summed E-state index contributed by atoms with van der Waals surface area (Å²) in [6, 6.07) is 3.46. The van der Waals surface area contributed by atoms with Crippen LogP contribution in [0.5, 0.6) is 0 Å². The molecule has 8 heteroatoms. The Hall–Kier alpha value is -2.22. The van der Waals surface area contributed by atoms with E-state index in [2.05, 4.69) is 4.98 Å². The van der Waals surface area contributed by atoms with Crippen molar-refractivity contribution in [2.24, 2.45) is 7.05 Å². The van der Waals surface area contributed by atoms with Crippen LogP contribution < -0.4 is 0 Å². The van der Waals surface area contributed by atoms with Crippen molar-refractivity contribution < 1.29 is 14.0 Å². The summed E-state index contributed by atoms with van der Waals surface area (Å²) in [5.41, 5.74) is 0. The third-order valence-corrected chi connectivity index (χ3v) is 4.82. The van der Waals surface area contributed by atoms with Crippen LogP contribution in [-0.2, 0) is 17.6 Å². The fourth-order valence-corrected chi connectivity index (χ4v) is 3.11. The Balaban J connectivity index is 1.61. The van der Waals surface area contributed by atoms with E-state index in [-0.39, 0.29) is 24.1 Å². The van der Waals surface area contributed by atoms with E-state index in [1.54, 1.807) is 42.0 Å². The minimum absolute atomic E-state index is 0.0540. The standard InChI is InChI=1S/C15H18N4O3S/c1-17-7-8-19(9-13(17)20)14(21)12-4-3-11(22-12)10-23-15-16-5-6-18(15)2/h3-6H,7-10H2,1-2H3. The van der Waals surface area contributed by atoms with Gasteiger partial charge in [-0.1, -0.05) is 11.8 Å². The highest BCUT2D eigenvalue weighted by Crippen LogP contribution is 2.22. The van der Waals surface area contributed by atoms with Crippen molar-refractivity contribution in [3.8, 4) is 0 Å². The Labute approximate surface area is 138 Å². The van der Waals surface area contributed by atoms with Crippen LogP contribution in [0, 0.1) is 0 Å². The van der Waals surface area contributed by atoms with Crippen molar-refractivity contribution in [2.45, 2.75) is 10.9 Å². The minimum atomic E-state index is -0.236. The van der Waals surface area contributed by atoms with Crippen LogP contribution in [-0.4, -0.2) is 57.8 Å². The molecule has 0 unspecified atom stereocenters. The van der Waals surface area contributed by atoms with Gasteiger partial charge >= 0.3 is 0 Å². The van der Waals surface area contributed by atoms with Crippen LogP contribution in [0.25, 0.3) is 0 Å². The molecular weight excluding hydrogens is 316 g/mol. The Morgan fingerprint density at radius 1 is 1.35 bits per heavy atom. The number of carbonyl (C=O) groups is 2. The number of aryl methyl sites for hydroxylation is 1. The Kier molecular flexibility index (Phi) is 4.42. The zero-order valence-corrected chi connectivity index (χ0v) is 13.9. The molecule has 7 nitrogen and oxygen atoms in total. The number of hydrogen-bond acceptors (Lipinski definition) is 5. The third-order valence-electron chi connectivity index (χ3n) is 3.74. The second-order valence-corrected chi connectivity index (χ2v) is 6.36. The number of nitrogens with zero attached hydrogens (tertiary/aromatic N) is 4. The van der Waals surface area contributed by atoms with Gasteiger partial charge in [0.1, 0.15) is 12.3 Å². The molecule has 2 aromatic rings. The molecule has 0 radical (unpaired) electrons. The van der Waals surface area contributed by atoms with Crippen molar-refractivity contribution >= 4 is 23.6 Å². The Morgan fingerprint density at radius 2 is 2.17 bits per heavy atom. The van der Waals surface area contributed by atoms with Gasteiger partial charge in [0, 0.05) is 39.6 Å². The van der Waals surface area contributed by atoms with Gasteiger partial charge in [0.05, 0.1) is 5.75 Å². The molecule has 122 valence electrons. The highest BCUT2D eigenvalue weighted by atomic mass is 32.2. The van der Waals surface area contributed by atoms with Crippen molar-refractivity contribution in [3.63, 3.8) is 0 Å². The molecule has 23 heavy (non-hydrogen) atoms. The SMILES string of the molecule is CN1CCN(C(=O)c2ccc(CSc3nccn3C)o2)CC1=O. The lowest BCUT2D eigenvalue weighted by molar-refractivity contribution is -0.133. The lowest BCUT2D eigenvalue weighted by Gasteiger charge is -2.31. The number of rotatable bonds is 4. The van der Waals surface area contributed by atoms with Crippen LogP contribution in [0.15, 0.2) is 34.1 Å². The number of furan rings is 1. The molecule has 0 N–H and O–H groups in total.